The lowest BCUT2D eigenvalue weighted by atomic mass is 10.2. The molecular formula is C17H23N3O6. The normalized spacial score (nSPS) is 16.4. The summed E-state index contributed by atoms with van der Waals surface area (Å²) in [4.78, 5) is 39.0. The summed E-state index contributed by atoms with van der Waals surface area (Å²) in [5, 5.41) is 15.6. The van der Waals surface area contributed by atoms with E-state index in [0.29, 0.717) is 30.0 Å². The molecule has 1 atom stereocenters. The van der Waals surface area contributed by atoms with Gasteiger partial charge in [-0.1, -0.05) is 0 Å². The second-order valence-electron chi connectivity index (χ2n) is 5.90. The van der Waals surface area contributed by atoms with Crippen LogP contribution in [0.25, 0.3) is 0 Å². The zero-order chi connectivity index (χ0) is 19.7. The van der Waals surface area contributed by atoms with E-state index in [4.69, 9.17) is 14.9 Å². The Morgan fingerprint density at radius 3 is 2.50 bits per heavy atom. The molecule has 1 unspecified atom stereocenters. The van der Waals surface area contributed by atoms with Crippen LogP contribution in [0.1, 0.15) is 16.8 Å². The van der Waals surface area contributed by atoms with Gasteiger partial charge in [-0.2, -0.15) is 0 Å². The Labute approximate surface area is 151 Å². The first-order chi connectivity index (χ1) is 12.2. The largest absolute Gasteiger partial charge is 0.488 e. The number of ether oxygens (including phenoxy) is 1. The van der Waals surface area contributed by atoms with Crippen molar-refractivity contribution in [3.05, 3.63) is 36.2 Å². The molecule has 2 rings (SSSR count). The third-order valence-electron chi connectivity index (χ3n) is 3.40. The van der Waals surface area contributed by atoms with E-state index in [9.17, 15) is 14.4 Å². The first-order valence-electron chi connectivity index (χ1n) is 7.85. The number of carboxylic acids is 2. The molecule has 2 N–H and O–H groups in total. The van der Waals surface area contributed by atoms with Crippen LogP contribution in [0.4, 0.5) is 0 Å². The number of carbonyl (C=O) groups excluding carboxylic acids is 1. The summed E-state index contributed by atoms with van der Waals surface area (Å²) < 4.78 is 5.92. The molecule has 1 aromatic rings. The van der Waals surface area contributed by atoms with Crippen LogP contribution in [0.5, 0.6) is 5.75 Å². The fraction of sp³-hybridized carbons (Fsp3) is 0.412. The van der Waals surface area contributed by atoms with Crippen molar-refractivity contribution in [3.63, 3.8) is 0 Å². The molecule has 26 heavy (non-hydrogen) atoms. The van der Waals surface area contributed by atoms with E-state index < -0.39 is 11.9 Å². The number of hydrogen-bond acceptors (Lipinski definition) is 6. The van der Waals surface area contributed by atoms with E-state index in [1.54, 1.807) is 30.4 Å². The molecule has 0 aromatic carbocycles. The van der Waals surface area contributed by atoms with E-state index in [0.717, 1.165) is 13.0 Å². The molecule has 1 aliphatic rings. The Bertz CT molecular complexity index is 658. The maximum absolute atomic E-state index is 12.1. The van der Waals surface area contributed by atoms with Crippen LogP contribution in [-0.4, -0.2) is 83.2 Å². The summed E-state index contributed by atoms with van der Waals surface area (Å²) in [6.45, 7) is 1.55. The summed E-state index contributed by atoms with van der Waals surface area (Å²) >= 11 is 0. The molecule has 2 heterocycles. The minimum atomic E-state index is -1.26. The number of carbonyl (C=O) groups is 3. The van der Waals surface area contributed by atoms with Gasteiger partial charge in [-0.15, -0.1) is 0 Å². The Kier molecular flexibility index (Phi) is 8.23. The number of fused-ring (bicyclic) bond motifs is 1. The van der Waals surface area contributed by atoms with Gasteiger partial charge in [-0.3, -0.25) is 9.78 Å². The van der Waals surface area contributed by atoms with Crippen LogP contribution in [-0.2, 0) is 9.59 Å². The third-order valence-corrected chi connectivity index (χ3v) is 3.40. The first-order valence-corrected chi connectivity index (χ1v) is 7.85. The van der Waals surface area contributed by atoms with Crippen LogP contribution in [0.2, 0.25) is 0 Å². The lowest BCUT2D eigenvalue weighted by molar-refractivity contribution is -0.134. The zero-order valence-corrected chi connectivity index (χ0v) is 15.0. The van der Waals surface area contributed by atoms with Crippen LogP contribution in [0.15, 0.2) is 30.6 Å². The van der Waals surface area contributed by atoms with Crippen LogP contribution in [0, 0.1) is 0 Å². The molecule has 1 amide bonds. The fourth-order valence-electron chi connectivity index (χ4n) is 2.15. The van der Waals surface area contributed by atoms with E-state index in [1.807, 2.05) is 14.1 Å². The first kappa shape index (κ1) is 21.1. The zero-order valence-electron chi connectivity index (χ0n) is 15.0. The topological polar surface area (TPSA) is 120 Å². The number of nitrogens with zero attached hydrogens (tertiary/aromatic N) is 3. The van der Waals surface area contributed by atoms with E-state index in [1.165, 1.54) is 0 Å². The molecule has 1 aromatic heterocycles. The van der Waals surface area contributed by atoms with Crippen molar-refractivity contribution in [2.24, 2.45) is 0 Å². The van der Waals surface area contributed by atoms with Crippen molar-refractivity contribution in [2.45, 2.75) is 12.5 Å². The summed E-state index contributed by atoms with van der Waals surface area (Å²) in [6, 6.07) is 1.76. The van der Waals surface area contributed by atoms with Crippen molar-refractivity contribution < 1.29 is 29.3 Å². The highest BCUT2D eigenvalue weighted by Gasteiger charge is 2.26. The number of hydrogen-bond donors (Lipinski definition) is 2. The SMILES string of the molecule is CN(C)CCC1CN(C)C(=O)c2cnccc2O1.O=C(O)/C=C/C(=O)O. The summed E-state index contributed by atoms with van der Waals surface area (Å²) in [5.74, 6) is -1.90. The minimum Gasteiger partial charge on any atom is -0.488 e. The standard InChI is InChI=1S/C13H19N3O2.C4H4O4/c1-15(2)7-5-10-9-16(3)13(17)11-8-14-6-4-12(11)18-10;5-3(6)1-2-4(7)8/h4,6,8,10H,5,7,9H2,1-3H3;1-2H,(H,5,6)(H,7,8)/b;2-1+. The Morgan fingerprint density at radius 1 is 1.35 bits per heavy atom. The highest BCUT2D eigenvalue weighted by Crippen LogP contribution is 2.24. The van der Waals surface area contributed by atoms with Crippen LogP contribution in [0.3, 0.4) is 0 Å². The Hall–Kier alpha value is -2.94. The number of likely N-dealkylation sites (N-methyl/N-ethyl adjacent to an activating group) is 1. The molecule has 0 fully saturated rings. The molecule has 0 aliphatic carbocycles. The average Bonchev–Trinajstić information content (AvgIpc) is 2.69. The number of amides is 1. The van der Waals surface area contributed by atoms with Gasteiger partial charge in [0.25, 0.3) is 5.91 Å². The minimum absolute atomic E-state index is 0.0227. The Morgan fingerprint density at radius 2 is 1.96 bits per heavy atom. The number of carboxylic acid groups (broad SMARTS) is 2. The van der Waals surface area contributed by atoms with Gasteiger partial charge in [-0.25, -0.2) is 9.59 Å². The van der Waals surface area contributed by atoms with Gasteiger partial charge in [-0.05, 0) is 26.6 Å². The van der Waals surface area contributed by atoms with Crippen molar-refractivity contribution in [3.8, 4) is 5.75 Å². The second kappa shape index (κ2) is 10.1. The van der Waals surface area contributed by atoms with Crippen molar-refractivity contribution >= 4 is 17.8 Å². The molecular weight excluding hydrogens is 342 g/mol. The Balaban J connectivity index is 0.000000359. The van der Waals surface area contributed by atoms with Gasteiger partial charge < -0.3 is 24.7 Å². The highest BCUT2D eigenvalue weighted by molar-refractivity contribution is 5.96. The number of rotatable bonds is 5. The molecule has 0 bridgehead atoms. The smallest absolute Gasteiger partial charge is 0.328 e. The fourth-order valence-corrected chi connectivity index (χ4v) is 2.15. The third kappa shape index (κ3) is 7.31. The highest BCUT2D eigenvalue weighted by atomic mass is 16.5. The van der Waals surface area contributed by atoms with E-state index >= 15 is 0 Å². The van der Waals surface area contributed by atoms with Gasteiger partial charge in [0.15, 0.2) is 0 Å². The lowest BCUT2D eigenvalue weighted by Crippen LogP contribution is -2.35. The molecule has 9 nitrogen and oxygen atoms in total. The van der Waals surface area contributed by atoms with Crippen molar-refractivity contribution in [2.75, 3.05) is 34.2 Å². The van der Waals surface area contributed by atoms with Crippen molar-refractivity contribution in [1.82, 2.24) is 14.8 Å². The van der Waals surface area contributed by atoms with Gasteiger partial charge in [0, 0.05) is 38.1 Å². The lowest BCUT2D eigenvalue weighted by Gasteiger charge is -2.21. The van der Waals surface area contributed by atoms with Gasteiger partial charge in [0.2, 0.25) is 0 Å². The van der Waals surface area contributed by atoms with Gasteiger partial charge >= 0.3 is 11.9 Å². The van der Waals surface area contributed by atoms with Gasteiger partial charge in [0.1, 0.15) is 11.9 Å². The molecule has 0 saturated heterocycles. The van der Waals surface area contributed by atoms with E-state index in [-0.39, 0.29) is 12.0 Å². The predicted molar refractivity (Wildman–Crippen MR) is 93.2 cm³/mol. The molecule has 0 radical (unpaired) electrons. The number of pyridine rings is 1. The number of aromatic nitrogens is 1. The predicted octanol–water partition coefficient (Wildman–Crippen LogP) is 0.578. The summed E-state index contributed by atoms with van der Waals surface area (Å²) in [5.41, 5.74) is 0.548. The quantitative estimate of drug-likeness (QED) is 0.727. The molecule has 142 valence electrons. The maximum atomic E-state index is 12.1. The molecule has 0 saturated carbocycles. The maximum Gasteiger partial charge on any atom is 0.328 e. The van der Waals surface area contributed by atoms with E-state index in [2.05, 4.69) is 9.88 Å². The number of aliphatic carboxylic acids is 2. The van der Waals surface area contributed by atoms with Crippen LogP contribution < -0.4 is 4.74 Å². The summed E-state index contributed by atoms with van der Waals surface area (Å²) in [7, 11) is 5.86. The molecule has 0 spiro atoms. The molecule has 9 heteroatoms. The van der Waals surface area contributed by atoms with Crippen LogP contribution >= 0.6 is 0 Å². The monoisotopic (exact) mass is 365 g/mol. The average molecular weight is 365 g/mol. The van der Waals surface area contributed by atoms with Crippen molar-refractivity contribution in [1.29, 1.82) is 0 Å². The van der Waals surface area contributed by atoms with Gasteiger partial charge in [0.05, 0.1) is 12.1 Å². The molecule has 1 aliphatic heterocycles. The summed E-state index contributed by atoms with van der Waals surface area (Å²) in [6.07, 6.45) is 5.27. The second-order valence-corrected chi connectivity index (χ2v) is 5.90.